The van der Waals surface area contributed by atoms with Crippen LogP contribution in [0.2, 0.25) is 0 Å². The Morgan fingerprint density at radius 1 is 0.818 bits per heavy atom. The van der Waals surface area contributed by atoms with E-state index in [2.05, 4.69) is 0 Å². The number of nitrogens with zero attached hydrogens (tertiary/aromatic N) is 1. The van der Waals surface area contributed by atoms with Gasteiger partial charge in [0.05, 0.1) is 6.54 Å². The fourth-order valence-corrected chi connectivity index (χ4v) is 2.32. The van der Waals surface area contributed by atoms with E-state index in [0.717, 1.165) is 11.1 Å². The second-order valence-corrected chi connectivity index (χ2v) is 5.23. The normalized spacial score (nSPS) is 10.6. The molecule has 0 spiro atoms. The highest BCUT2D eigenvalue weighted by atomic mass is 16.4. The molecule has 0 atom stereocenters. The maximum Gasteiger partial charge on any atom is 0.310 e. The number of carbonyl (C=O) groups excluding carboxylic acids is 1. The van der Waals surface area contributed by atoms with Crippen LogP contribution < -0.4 is 0 Å². The van der Waals surface area contributed by atoms with E-state index >= 15 is 0 Å². The largest absolute Gasteiger partial charge is 0.481 e. The summed E-state index contributed by atoms with van der Waals surface area (Å²) < 4.78 is 0. The van der Waals surface area contributed by atoms with E-state index in [1.165, 1.54) is 0 Å². The average Bonchev–Trinajstić information content (AvgIpc) is 2.48. The van der Waals surface area contributed by atoms with Crippen molar-refractivity contribution in [2.24, 2.45) is 0 Å². The molecule has 0 aromatic heterocycles. The predicted octanol–water partition coefficient (Wildman–Crippen LogP) is 2.73. The van der Waals surface area contributed by atoms with E-state index in [0.29, 0.717) is 13.1 Å². The highest BCUT2D eigenvalue weighted by Crippen LogP contribution is 2.10. The summed E-state index contributed by atoms with van der Waals surface area (Å²) in [5, 5.41) is 8.74. The molecule has 4 heteroatoms. The Morgan fingerprint density at radius 3 is 1.68 bits per heavy atom. The van der Waals surface area contributed by atoms with Crippen molar-refractivity contribution in [3.63, 3.8) is 0 Å². The van der Waals surface area contributed by atoms with E-state index in [1.54, 1.807) is 0 Å². The van der Waals surface area contributed by atoms with Gasteiger partial charge in [0.2, 0.25) is 0 Å². The molecule has 2 aromatic carbocycles. The third-order valence-electron chi connectivity index (χ3n) is 3.25. The molecule has 1 N–H and O–H groups in total. The lowest BCUT2D eigenvalue weighted by atomic mass is 10.1. The summed E-state index contributed by atoms with van der Waals surface area (Å²) in [4.78, 5) is 24.5. The van der Waals surface area contributed by atoms with Crippen LogP contribution in [0.15, 0.2) is 60.7 Å². The van der Waals surface area contributed by atoms with Crippen LogP contribution in [0.1, 0.15) is 17.5 Å². The third kappa shape index (κ3) is 5.50. The fraction of sp³-hybridized carbons (Fsp3) is 0.222. The van der Waals surface area contributed by atoms with Gasteiger partial charge in [0, 0.05) is 13.1 Å². The Labute approximate surface area is 130 Å². The van der Waals surface area contributed by atoms with Gasteiger partial charge in [-0.2, -0.15) is 0 Å². The molecule has 0 unspecified atom stereocenters. The van der Waals surface area contributed by atoms with Crippen LogP contribution in [0.3, 0.4) is 0 Å². The van der Waals surface area contributed by atoms with Crippen molar-refractivity contribution >= 4 is 11.8 Å². The SMILES string of the molecule is O=C(O)CC(=O)CN(Cc1ccccc1)Cc1ccccc1. The van der Waals surface area contributed by atoms with Gasteiger partial charge in [0.15, 0.2) is 5.78 Å². The lowest BCUT2D eigenvalue weighted by Gasteiger charge is -2.21. The van der Waals surface area contributed by atoms with Gasteiger partial charge < -0.3 is 5.11 Å². The Hall–Kier alpha value is -2.46. The van der Waals surface area contributed by atoms with Crippen molar-refractivity contribution < 1.29 is 14.7 Å². The fourth-order valence-electron chi connectivity index (χ4n) is 2.32. The summed E-state index contributed by atoms with van der Waals surface area (Å²) in [5.74, 6) is -1.36. The van der Waals surface area contributed by atoms with Gasteiger partial charge in [0.1, 0.15) is 6.42 Å². The molecular formula is C18H19NO3. The minimum absolute atomic E-state index is 0.135. The van der Waals surface area contributed by atoms with Crippen molar-refractivity contribution in [3.05, 3.63) is 71.8 Å². The van der Waals surface area contributed by atoms with E-state index < -0.39 is 12.4 Å². The van der Waals surface area contributed by atoms with Crippen LogP contribution in [0.5, 0.6) is 0 Å². The smallest absolute Gasteiger partial charge is 0.310 e. The van der Waals surface area contributed by atoms with Crippen LogP contribution in [0.4, 0.5) is 0 Å². The number of Topliss-reactive ketones (excluding diaryl/α,β-unsaturated/α-hetero) is 1. The molecule has 0 saturated heterocycles. The van der Waals surface area contributed by atoms with Crippen LogP contribution in [-0.4, -0.2) is 28.3 Å². The molecule has 0 aliphatic rings. The summed E-state index contributed by atoms with van der Waals surface area (Å²) >= 11 is 0. The molecule has 0 heterocycles. The molecular weight excluding hydrogens is 278 g/mol. The Balaban J connectivity index is 2.06. The van der Waals surface area contributed by atoms with Gasteiger partial charge in [-0.1, -0.05) is 60.7 Å². The Kier molecular flexibility index (Phi) is 5.86. The van der Waals surface area contributed by atoms with Gasteiger partial charge in [0.25, 0.3) is 0 Å². The molecule has 2 rings (SSSR count). The standard InChI is InChI=1S/C18H19NO3/c20-17(11-18(21)22)14-19(12-15-7-3-1-4-8-15)13-16-9-5-2-6-10-16/h1-10H,11-14H2,(H,21,22). The van der Waals surface area contributed by atoms with Crippen LogP contribution in [0.25, 0.3) is 0 Å². The minimum atomic E-state index is -1.08. The van der Waals surface area contributed by atoms with Crippen molar-refractivity contribution in [1.29, 1.82) is 0 Å². The lowest BCUT2D eigenvalue weighted by molar-refractivity contribution is -0.140. The molecule has 0 bridgehead atoms. The van der Waals surface area contributed by atoms with Gasteiger partial charge in [-0.3, -0.25) is 14.5 Å². The second kappa shape index (κ2) is 8.10. The highest BCUT2D eigenvalue weighted by Gasteiger charge is 2.14. The van der Waals surface area contributed by atoms with Gasteiger partial charge >= 0.3 is 5.97 Å². The first-order valence-electron chi connectivity index (χ1n) is 7.17. The van der Waals surface area contributed by atoms with Crippen LogP contribution >= 0.6 is 0 Å². The summed E-state index contributed by atoms with van der Waals surface area (Å²) in [5.41, 5.74) is 2.20. The summed E-state index contributed by atoms with van der Waals surface area (Å²) in [7, 11) is 0. The first kappa shape index (κ1) is 15.9. The van der Waals surface area contributed by atoms with Crippen molar-refractivity contribution in [3.8, 4) is 0 Å². The number of hydrogen-bond donors (Lipinski definition) is 1. The van der Waals surface area contributed by atoms with E-state index in [1.807, 2.05) is 65.6 Å². The Bertz CT molecular complexity index is 569. The molecule has 0 fully saturated rings. The maximum absolute atomic E-state index is 11.8. The van der Waals surface area contributed by atoms with Crippen LogP contribution in [-0.2, 0) is 22.7 Å². The molecule has 22 heavy (non-hydrogen) atoms. The molecule has 0 aliphatic heterocycles. The highest BCUT2D eigenvalue weighted by molar-refractivity contribution is 5.95. The molecule has 0 amide bonds. The monoisotopic (exact) mass is 297 g/mol. The Morgan fingerprint density at radius 2 is 1.27 bits per heavy atom. The number of carboxylic acid groups (broad SMARTS) is 1. The number of aliphatic carboxylic acids is 1. The third-order valence-corrected chi connectivity index (χ3v) is 3.25. The molecule has 4 nitrogen and oxygen atoms in total. The van der Waals surface area contributed by atoms with Crippen molar-refractivity contribution in [2.45, 2.75) is 19.5 Å². The number of carboxylic acids is 1. The van der Waals surface area contributed by atoms with E-state index in [-0.39, 0.29) is 12.3 Å². The zero-order chi connectivity index (χ0) is 15.8. The summed E-state index contributed by atoms with van der Waals surface area (Å²) in [6.07, 6.45) is -0.430. The molecule has 2 aromatic rings. The second-order valence-electron chi connectivity index (χ2n) is 5.23. The number of rotatable bonds is 8. The van der Waals surface area contributed by atoms with E-state index in [9.17, 15) is 9.59 Å². The van der Waals surface area contributed by atoms with Crippen LogP contribution in [0, 0.1) is 0 Å². The zero-order valence-electron chi connectivity index (χ0n) is 12.3. The number of hydrogen-bond acceptors (Lipinski definition) is 3. The minimum Gasteiger partial charge on any atom is -0.481 e. The summed E-state index contributed by atoms with van der Waals surface area (Å²) in [6, 6.07) is 19.7. The van der Waals surface area contributed by atoms with E-state index in [4.69, 9.17) is 5.11 Å². The molecule has 0 saturated carbocycles. The van der Waals surface area contributed by atoms with Crippen molar-refractivity contribution in [2.75, 3.05) is 6.54 Å². The first-order chi connectivity index (χ1) is 10.6. The molecule has 0 aliphatic carbocycles. The zero-order valence-corrected chi connectivity index (χ0v) is 12.3. The average molecular weight is 297 g/mol. The van der Waals surface area contributed by atoms with Gasteiger partial charge in [-0.15, -0.1) is 0 Å². The summed E-state index contributed by atoms with van der Waals surface area (Å²) in [6.45, 7) is 1.36. The molecule has 0 radical (unpaired) electrons. The number of carbonyl (C=O) groups is 2. The maximum atomic E-state index is 11.8. The van der Waals surface area contributed by atoms with Gasteiger partial charge in [-0.05, 0) is 11.1 Å². The lowest BCUT2D eigenvalue weighted by Crippen LogP contribution is -2.30. The number of benzene rings is 2. The van der Waals surface area contributed by atoms with Crippen molar-refractivity contribution in [1.82, 2.24) is 4.90 Å². The topological polar surface area (TPSA) is 57.6 Å². The quantitative estimate of drug-likeness (QED) is 0.761. The first-order valence-corrected chi connectivity index (χ1v) is 7.17. The predicted molar refractivity (Wildman–Crippen MR) is 84.3 cm³/mol. The number of ketones is 1. The van der Waals surface area contributed by atoms with Gasteiger partial charge in [-0.25, -0.2) is 0 Å². The molecule has 114 valence electrons.